The summed E-state index contributed by atoms with van der Waals surface area (Å²) in [6.45, 7) is 8.23. The van der Waals surface area contributed by atoms with Crippen LogP contribution in [-0.2, 0) is 19.5 Å². The fraction of sp³-hybridized carbons (Fsp3) is 0.483. The fourth-order valence-electron chi connectivity index (χ4n) is 5.52. The summed E-state index contributed by atoms with van der Waals surface area (Å²) in [6.07, 6.45) is 9.25. The zero-order valence-corrected chi connectivity index (χ0v) is 21.0. The van der Waals surface area contributed by atoms with Crippen molar-refractivity contribution >= 4 is 5.91 Å². The lowest BCUT2D eigenvalue weighted by Gasteiger charge is -2.41. The summed E-state index contributed by atoms with van der Waals surface area (Å²) in [5.41, 5.74) is 4.34. The Morgan fingerprint density at radius 1 is 1.06 bits per heavy atom. The Hall–Kier alpha value is -2.99. The lowest BCUT2D eigenvalue weighted by Crippen LogP contribution is -2.50. The lowest BCUT2D eigenvalue weighted by molar-refractivity contribution is 0.0477. The van der Waals surface area contributed by atoms with E-state index in [2.05, 4.69) is 70.3 Å². The highest BCUT2D eigenvalue weighted by molar-refractivity contribution is 5.93. The van der Waals surface area contributed by atoms with E-state index in [1.165, 1.54) is 11.1 Å². The van der Waals surface area contributed by atoms with Gasteiger partial charge in [-0.05, 0) is 82.7 Å². The molecule has 0 radical (unpaired) electrons. The Morgan fingerprint density at radius 3 is 2.43 bits per heavy atom. The van der Waals surface area contributed by atoms with Crippen LogP contribution in [0, 0.1) is 12.8 Å². The molecule has 1 saturated carbocycles. The second kappa shape index (κ2) is 10.7. The number of amides is 1. The quantitative estimate of drug-likeness (QED) is 0.453. The second-order valence-electron chi connectivity index (χ2n) is 10.1. The highest BCUT2D eigenvalue weighted by Crippen LogP contribution is 2.36. The molecule has 1 saturated heterocycles. The molecule has 35 heavy (non-hydrogen) atoms. The topological polar surface area (TPSA) is 54.3 Å². The number of carbonyl (C=O) groups is 1. The van der Waals surface area contributed by atoms with E-state index in [-0.39, 0.29) is 11.9 Å². The van der Waals surface area contributed by atoms with E-state index >= 15 is 0 Å². The van der Waals surface area contributed by atoms with Gasteiger partial charge in [0.25, 0.3) is 5.91 Å². The first-order valence-electron chi connectivity index (χ1n) is 13.1. The van der Waals surface area contributed by atoms with Crippen LogP contribution in [0.3, 0.4) is 0 Å². The van der Waals surface area contributed by atoms with Gasteiger partial charge in [0.05, 0.1) is 5.69 Å². The van der Waals surface area contributed by atoms with E-state index in [9.17, 15) is 4.79 Å². The minimum Gasteiger partial charge on any atom is -0.331 e. The molecule has 0 unspecified atom stereocenters. The smallest absolute Gasteiger partial charge is 0.272 e. The van der Waals surface area contributed by atoms with Gasteiger partial charge < -0.3 is 4.90 Å². The third-order valence-corrected chi connectivity index (χ3v) is 7.65. The fourth-order valence-corrected chi connectivity index (χ4v) is 5.52. The molecule has 1 atom stereocenters. The number of hydrogen-bond donors (Lipinski definition) is 0. The zero-order chi connectivity index (χ0) is 24.2. The monoisotopic (exact) mass is 471 g/mol. The van der Waals surface area contributed by atoms with Gasteiger partial charge >= 0.3 is 0 Å². The van der Waals surface area contributed by atoms with E-state index in [1.54, 1.807) is 6.20 Å². The SMILES string of the molecule is CCn1cc(CN2CCC([C@H](Cc3ccccc3)N(C(=O)c3ccccn3)C3CC3)CC2)c(C)n1. The van der Waals surface area contributed by atoms with Crippen LogP contribution in [0.5, 0.6) is 0 Å². The summed E-state index contributed by atoms with van der Waals surface area (Å²) >= 11 is 0. The van der Waals surface area contributed by atoms with E-state index < -0.39 is 0 Å². The van der Waals surface area contributed by atoms with Crippen molar-refractivity contribution in [2.45, 2.75) is 71.1 Å². The van der Waals surface area contributed by atoms with Crippen LogP contribution in [-0.4, -0.2) is 55.6 Å². The summed E-state index contributed by atoms with van der Waals surface area (Å²) in [5, 5.41) is 4.62. The Kier molecular flexibility index (Phi) is 7.28. The number of aryl methyl sites for hydroxylation is 2. The molecule has 3 aromatic rings. The van der Waals surface area contributed by atoms with E-state index in [0.29, 0.717) is 17.7 Å². The summed E-state index contributed by atoms with van der Waals surface area (Å²) in [7, 11) is 0. The van der Waals surface area contributed by atoms with Crippen molar-refractivity contribution in [2.24, 2.45) is 5.92 Å². The van der Waals surface area contributed by atoms with Crippen molar-refractivity contribution < 1.29 is 4.79 Å². The number of likely N-dealkylation sites (tertiary alicyclic amines) is 1. The largest absolute Gasteiger partial charge is 0.331 e. The molecule has 6 heteroatoms. The molecule has 5 rings (SSSR count). The van der Waals surface area contributed by atoms with Crippen molar-refractivity contribution in [3.63, 3.8) is 0 Å². The number of pyridine rings is 1. The van der Waals surface area contributed by atoms with Gasteiger partial charge in [-0.2, -0.15) is 5.10 Å². The molecule has 184 valence electrons. The van der Waals surface area contributed by atoms with Crippen molar-refractivity contribution in [1.82, 2.24) is 24.6 Å². The molecular formula is C29H37N5O. The second-order valence-corrected chi connectivity index (χ2v) is 10.1. The van der Waals surface area contributed by atoms with Gasteiger partial charge in [-0.25, -0.2) is 0 Å². The predicted octanol–water partition coefficient (Wildman–Crippen LogP) is 4.73. The first-order valence-corrected chi connectivity index (χ1v) is 13.1. The van der Waals surface area contributed by atoms with Crippen LogP contribution in [0.15, 0.2) is 60.9 Å². The average Bonchev–Trinajstić information content (AvgIpc) is 3.67. The van der Waals surface area contributed by atoms with E-state index in [1.807, 2.05) is 22.9 Å². The van der Waals surface area contributed by atoms with Gasteiger partial charge in [0, 0.05) is 43.1 Å². The standard InChI is InChI=1S/C29H37N5O/c1-3-33-21-25(22(2)31-33)20-32-17-14-24(15-18-32)28(19-23-9-5-4-6-10-23)34(26-12-13-26)29(35)27-11-7-8-16-30-27/h4-11,16,21,24,26,28H,3,12-15,17-20H2,1-2H3/t28-/m0/s1. The molecular weight excluding hydrogens is 434 g/mol. The van der Waals surface area contributed by atoms with Crippen LogP contribution in [0.1, 0.15) is 59.9 Å². The maximum Gasteiger partial charge on any atom is 0.272 e. The normalized spacial score (nSPS) is 17.9. The summed E-state index contributed by atoms with van der Waals surface area (Å²) in [5.74, 6) is 0.582. The molecule has 6 nitrogen and oxygen atoms in total. The number of aromatic nitrogens is 3. The third kappa shape index (κ3) is 5.64. The lowest BCUT2D eigenvalue weighted by atomic mass is 9.84. The summed E-state index contributed by atoms with van der Waals surface area (Å²) < 4.78 is 2.03. The molecule has 2 fully saturated rings. The number of nitrogens with zero attached hydrogens (tertiary/aromatic N) is 5. The van der Waals surface area contributed by atoms with Gasteiger partial charge in [0.15, 0.2) is 0 Å². The van der Waals surface area contributed by atoms with Gasteiger partial charge in [0.2, 0.25) is 0 Å². The van der Waals surface area contributed by atoms with Crippen molar-refractivity contribution in [2.75, 3.05) is 13.1 Å². The number of hydrogen-bond acceptors (Lipinski definition) is 4. The van der Waals surface area contributed by atoms with Crippen LogP contribution in [0.4, 0.5) is 0 Å². The highest BCUT2D eigenvalue weighted by atomic mass is 16.2. The summed E-state index contributed by atoms with van der Waals surface area (Å²) in [4.78, 5) is 22.9. The van der Waals surface area contributed by atoms with Crippen molar-refractivity contribution in [3.8, 4) is 0 Å². The van der Waals surface area contributed by atoms with Crippen LogP contribution in [0.2, 0.25) is 0 Å². The van der Waals surface area contributed by atoms with Crippen molar-refractivity contribution in [3.05, 3.63) is 83.4 Å². The molecule has 1 amide bonds. The third-order valence-electron chi connectivity index (χ3n) is 7.65. The van der Waals surface area contributed by atoms with Crippen LogP contribution in [0.25, 0.3) is 0 Å². The van der Waals surface area contributed by atoms with Gasteiger partial charge in [-0.1, -0.05) is 36.4 Å². The molecule has 3 heterocycles. The van der Waals surface area contributed by atoms with Crippen LogP contribution < -0.4 is 0 Å². The maximum atomic E-state index is 13.7. The average molecular weight is 472 g/mol. The molecule has 2 aliphatic rings. The summed E-state index contributed by atoms with van der Waals surface area (Å²) in [6, 6.07) is 16.9. The Morgan fingerprint density at radius 2 is 1.80 bits per heavy atom. The number of benzene rings is 1. The van der Waals surface area contributed by atoms with Gasteiger partial charge in [-0.15, -0.1) is 0 Å². The molecule has 1 aliphatic heterocycles. The molecule has 2 aromatic heterocycles. The Bertz CT molecular complexity index is 1100. The van der Waals surface area contributed by atoms with Gasteiger partial charge in [-0.3, -0.25) is 19.4 Å². The number of rotatable bonds is 9. The maximum absolute atomic E-state index is 13.7. The minimum atomic E-state index is 0.0964. The van der Waals surface area contributed by atoms with Gasteiger partial charge in [0.1, 0.15) is 5.69 Å². The molecule has 1 aromatic carbocycles. The minimum absolute atomic E-state index is 0.0964. The first-order chi connectivity index (χ1) is 17.1. The van der Waals surface area contributed by atoms with E-state index in [0.717, 1.165) is 64.0 Å². The van der Waals surface area contributed by atoms with E-state index in [4.69, 9.17) is 0 Å². The number of carbonyl (C=O) groups excluding carboxylic acids is 1. The first kappa shape index (κ1) is 23.7. The molecule has 1 aliphatic carbocycles. The zero-order valence-electron chi connectivity index (χ0n) is 21.0. The number of piperidine rings is 1. The van der Waals surface area contributed by atoms with Crippen molar-refractivity contribution in [1.29, 1.82) is 0 Å². The Labute approximate surface area is 209 Å². The highest BCUT2D eigenvalue weighted by Gasteiger charge is 2.42. The molecule has 0 bridgehead atoms. The van der Waals surface area contributed by atoms with Crippen LogP contribution >= 0.6 is 0 Å². The predicted molar refractivity (Wildman–Crippen MR) is 138 cm³/mol. The molecule has 0 spiro atoms. The Balaban J connectivity index is 1.33. The molecule has 0 N–H and O–H groups in total.